The van der Waals surface area contributed by atoms with Gasteiger partial charge in [-0.1, -0.05) is 147 Å². The van der Waals surface area contributed by atoms with Crippen molar-refractivity contribution in [1.29, 1.82) is 0 Å². The third-order valence-electron chi connectivity index (χ3n) is 11.5. The monoisotopic (exact) mass is 693 g/mol. The summed E-state index contributed by atoms with van der Waals surface area (Å²) in [6.45, 7) is 4.71. The van der Waals surface area contributed by atoms with Crippen molar-refractivity contribution in [3.63, 3.8) is 0 Å². The van der Waals surface area contributed by atoms with E-state index in [2.05, 4.69) is 183 Å². The van der Waals surface area contributed by atoms with Gasteiger partial charge >= 0.3 is 0 Å². The first kappa shape index (κ1) is 30.8. The van der Waals surface area contributed by atoms with Gasteiger partial charge in [0, 0.05) is 38.4 Å². The molecule has 3 nitrogen and oxygen atoms in total. The SMILES string of the molecule is CC1(C)c2ccccc2-c2cccc(N(c3ccccc3)c3ccc(-c4ccccc4-c4cccc5c4oc4ccccc45)c4oc5ccccc5c34)c21. The smallest absolute Gasteiger partial charge is 0.145 e. The van der Waals surface area contributed by atoms with Crippen molar-refractivity contribution in [1.82, 2.24) is 0 Å². The zero-order valence-electron chi connectivity index (χ0n) is 30.0. The Morgan fingerprint density at radius 3 is 1.74 bits per heavy atom. The number of fused-ring (bicyclic) bond motifs is 9. The molecule has 0 bridgehead atoms. The Bertz CT molecular complexity index is 3090. The van der Waals surface area contributed by atoms with Crippen molar-refractivity contribution >= 4 is 60.9 Å². The first-order valence-electron chi connectivity index (χ1n) is 18.6. The quantitative estimate of drug-likeness (QED) is 0.180. The minimum Gasteiger partial charge on any atom is -0.455 e. The predicted molar refractivity (Wildman–Crippen MR) is 224 cm³/mol. The second-order valence-corrected chi connectivity index (χ2v) is 14.8. The van der Waals surface area contributed by atoms with E-state index in [1.807, 2.05) is 12.1 Å². The fraction of sp³-hybridized carbons (Fsp3) is 0.0588. The van der Waals surface area contributed by atoms with E-state index in [1.165, 1.54) is 22.3 Å². The van der Waals surface area contributed by atoms with Crippen LogP contribution in [0.1, 0.15) is 25.0 Å². The van der Waals surface area contributed by atoms with E-state index in [1.54, 1.807) is 0 Å². The molecule has 54 heavy (non-hydrogen) atoms. The predicted octanol–water partition coefficient (Wildman–Crippen LogP) is 14.6. The fourth-order valence-corrected chi connectivity index (χ4v) is 9.11. The van der Waals surface area contributed by atoms with Gasteiger partial charge in [0.25, 0.3) is 0 Å². The van der Waals surface area contributed by atoms with Crippen molar-refractivity contribution in [3.8, 4) is 33.4 Å². The molecule has 0 spiro atoms. The highest BCUT2D eigenvalue weighted by Crippen LogP contribution is 2.55. The van der Waals surface area contributed by atoms with Crippen molar-refractivity contribution in [2.75, 3.05) is 4.90 Å². The van der Waals surface area contributed by atoms with Gasteiger partial charge in [-0.05, 0) is 75.8 Å². The van der Waals surface area contributed by atoms with E-state index in [0.29, 0.717) is 0 Å². The third kappa shape index (κ3) is 4.36. The van der Waals surface area contributed by atoms with E-state index in [-0.39, 0.29) is 5.41 Å². The number of anilines is 3. The summed E-state index contributed by atoms with van der Waals surface area (Å²) < 4.78 is 13.5. The molecule has 11 rings (SSSR count). The Morgan fingerprint density at radius 1 is 0.389 bits per heavy atom. The molecule has 1 aliphatic carbocycles. The maximum Gasteiger partial charge on any atom is 0.145 e. The van der Waals surface area contributed by atoms with Crippen LogP contribution in [0.4, 0.5) is 17.1 Å². The Labute approximate surface area is 313 Å². The van der Waals surface area contributed by atoms with Gasteiger partial charge in [-0.2, -0.15) is 0 Å². The lowest BCUT2D eigenvalue weighted by atomic mass is 9.81. The molecule has 0 saturated heterocycles. The molecule has 0 N–H and O–H groups in total. The Hall–Kier alpha value is -6.84. The van der Waals surface area contributed by atoms with Crippen LogP contribution in [0.25, 0.3) is 77.3 Å². The molecule has 3 heteroatoms. The average molecular weight is 694 g/mol. The Kier molecular flexibility index (Phi) is 6.60. The van der Waals surface area contributed by atoms with Crippen LogP contribution in [0, 0.1) is 0 Å². The zero-order chi connectivity index (χ0) is 36.0. The Balaban J connectivity index is 1.19. The summed E-state index contributed by atoms with van der Waals surface area (Å²) in [6.07, 6.45) is 0. The molecule has 0 unspecified atom stereocenters. The van der Waals surface area contributed by atoms with Crippen LogP contribution in [-0.4, -0.2) is 0 Å². The summed E-state index contributed by atoms with van der Waals surface area (Å²) in [5.74, 6) is 0. The van der Waals surface area contributed by atoms with Crippen molar-refractivity contribution in [2.45, 2.75) is 19.3 Å². The van der Waals surface area contributed by atoms with Crippen molar-refractivity contribution < 1.29 is 8.83 Å². The number of para-hydroxylation sites is 4. The minimum atomic E-state index is -0.205. The van der Waals surface area contributed by atoms with Crippen molar-refractivity contribution in [2.24, 2.45) is 0 Å². The summed E-state index contributed by atoms with van der Waals surface area (Å²) in [5, 5.41) is 4.39. The highest BCUT2D eigenvalue weighted by molar-refractivity contribution is 6.18. The summed E-state index contributed by atoms with van der Waals surface area (Å²) in [7, 11) is 0. The standard InChI is InChI=1S/C51H35NO2/c1-51(2)42-26-11-8-20-35(42)37-23-15-27-44(48(37)51)52(32-16-4-3-5-17-32)43-31-30-40(50-47(43)41-22-10-13-29-46(41)54-50)34-19-7-6-18-33(34)38-24-14-25-39-36-21-9-12-28-45(36)53-49(38)39/h3-31H,1-2H3. The van der Waals surface area contributed by atoms with E-state index in [0.717, 1.165) is 83.2 Å². The first-order chi connectivity index (χ1) is 26.6. The van der Waals surface area contributed by atoms with Gasteiger partial charge in [-0.3, -0.25) is 0 Å². The molecule has 0 radical (unpaired) electrons. The second kappa shape index (κ2) is 11.6. The molecular formula is C51H35NO2. The van der Waals surface area contributed by atoms with Gasteiger partial charge in [-0.15, -0.1) is 0 Å². The fourth-order valence-electron chi connectivity index (χ4n) is 9.11. The van der Waals surface area contributed by atoms with Gasteiger partial charge in [0.1, 0.15) is 22.3 Å². The number of hydrogen-bond acceptors (Lipinski definition) is 3. The van der Waals surface area contributed by atoms with Gasteiger partial charge in [0.15, 0.2) is 0 Å². The zero-order valence-corrected chi connectivity index (χ0v) is 30.0. The third-order valence-corrected chi connectivity index (χ3v) is 11.5. The topological polar surface area (TPSA) is 29.5 Å². The van der Waals surface area contributed by atoms with Crippen molar-refractivity contribution in [3.05, 3.63) is 187 Å². The van der Waals surface area contributed by atoms with Crippen LogP contribution in [0.2, 0.25) is 0 Å². The van der Waals surface area contributed by atoms with Gasteiger partial charge in [0.05, 0.1) is 16.8 Å². The van der Waals surface area contributed by atoms with Crippen LogP contribution >= 0.6 is 0 Å². The lowest BCUT2D eigenvalue weighted by molar-refractivity contribution is 0.661. The maximum atomic E-state index is 6.96. The summed E-state index contributed by atoms with van der Waals surface area (Å²) in [5.41, 5.74) is 16.2. The molecule has 0 fully saturated rings. The number of nitrogens with zero attached hydrogens (tertiary/aromatic N) is 1. The van der Waals surface area contributed by atoms with Gasteiger partial charge in [0.2, 0.25) is 0 Å². The van der Waals surface area contributed by atoms with Gasteiger partial charge in [-0.25, -0.2) is 0 Å². The number of furan rings is 2. The molecule has 10 aromatic rings. The van der Waals surface area contributed by atoms with E-state index >= 15 is 0 Å². The van der Waals surface area contributed by atoms with Gasteiger partial charge < -0.3 is 13.7 Å². The molecular weight excluding hydrogens is 659 g/mol. The molecule has 0 amide bonds. The average Bonchev–Trinajstić information content (AvgIpc) is 3.87. The van der Waals surface area contributed by atoms with E-state index < -0.39 is 0 Å². The Morgan fingerprint density at radius 2 is 0.944 bits per heavy atom. The van der Waals surface area contributed by atoms with E-state index in [9.17, 15) is 0 Å². The molecule has 256 valence electrons. The van der Waals surface area contributed by atoms with Crippen LogP contribution in [-0.2, 0) is 5.41 Å². The maximum absolute atomic E-state index is 6.96. The lowest BCUT2D eigenvalue weighted by Crippen LogP contribution is -2.20. The van der Waals surface area contributed by atoms with Crippen LogP contribution < -0.4 is 4.90 Å². The highest BCUT2D eigenvalue weighted by Gasteiger charge is 2.39. The summed E-state index contributed by atoms with van der Waals surface area (Å²) in [6, 6.07) is 62.7. The molecule has 1 aliphatic rings. The second-order valence-electron chi connectivity index (χ2n) is 14.8. The number of rotatable bonds is 5. The normalized spacial score (nSPS) is 13.1. The lowest BCUT2D eigenvalue weighted by Gasteiger charge is -2.32. The van der Waals surface area contributed by atoms with Crippen LogP contribution in [0.15, 0.2) is 185 Å². The number of benzene rings is 8. The van der Waals surface area contributed by atoms with Crippen LogP contribution in [0.3, 0.4) is 0 Å². The molecule has 8 aromatic carbocycles. The highest BCUT2D eigenvalue weighted by atomic mass is 16.3. The summed E-state index contributed by atoms with van der Waals surface area (Å²) >= 11 is 0. The number of hydrogen-bond donors (Lipinski definition) is 0. The molecule has 2 heterocycles. The molecule has 0 saturated carbocycles. The summed E-state index contributed by atoms with van der Waals surface area (Å²) in [4.78, 5) is 2.45. The minimum absolute atomic E-state index is 0.205. The largest absolute Gasteiger partial charge is 0.455 e. The van der Waals surface area contributed by atoms with Crippen LogP contribution in [0.5, 0.6) is 0 Å². The molecule has 0 aliphatic heterocycles. The molecule has 2 aromatic heterocycles. The molecule has 0 atom stereocenters. The van der Waals surface area contributed by atoms with E-state index in [4.69, 9.17) is 8.83 Å². The first-order valence-corrected chi connectivity index (χ1v) is 18.6.